The van der Waals surface area contributed by atoms with Crippen LogP contribution in [0.4, 0.5) is 0 Å². The van der Waals surface area contributed by atoms with Crippen LogP contribution in [0.15, 0.2) is 0 Å². The first-order chi connectivity index (χ1) is 3.06. The van der Waals surface area contributed by atoms with Crippen LogP contribution < -0.4 is 5.73 Å². The van der Waals surface area contributed by atoms with Gasteiger partial charge in [0.2, 0.25) is 0 Å². The van der Waals surface area contributed by atoms with Crippen molar-refractivity contribution in [2.24, 2.45) is 5.73 Å². The Kier molecular flexibility index (Phi) is 6.87. The van der Waals surface area contributed by atoms with Crippen molar-refractivity contribution in [2.75, 3.05) is 12.3 Å². The fourth-order valence-electron chi connectivity index (χ4n) is 0.149. The van der Waals surface area contributed by atoms with Gasteiger partial charge < -0.3 is 5.73 Å². The van der Waals surface area contributed by atoms with Crippen molar-refractivity contribution in [1.82, 2.24) is 0 Å². The van der Waals surface area contributed by atoms with Crippen LogP contribution in [0.3, 0.4) is 0 Å². The molecule has 0 spiro atoms. The Bertz CT molecular complexity index is 130. The molecular formula is C2H7NNaO3S. The van der Waals surface area contributed by atoms with Crippen LogP contribution in [-0.2, 0) is 10.1 Å². The fourth-order valence-corrected chi connectivity index (χ4v) is 0.447. The van der Waals surface area contributed by atoms with Crippen LogP contribution in [0.1, 0.15) is 0 Å². The van der Waals surface area contributed by atoms with E-state index in [2.05, 4.69) is 0 Å². The largest absolute Gasteiger partial charge is 0.329 e. The molecule has 0 saturated carbocycles. The summed E-state index contributed by atoms with van der Waals surface area (Å²) < 4.78 is 27.3. The number of hydrogen-bond donors (Lipinski definition) is 2. The van der Waals surface area contributed by atoms with Gasteiger partial charge in [0, 0.05) is 36.1 Å². The molecule has 0 aliphatic heterocycles. The minimum Gasteiger partial charge on any atom is -0.329 e. The van der Waals surface area contributed by atoms with Gasteiger partial charge in [0.05, 0.1) is 5.75 Å². The van der Waals surface area contributed by atoms with Crippen LogP contribution in [0, 0.1) is 0 Å². The second-order valence-electron chi connectivity index (χ2n) is 1.07. The molecule has 45 valence electrons. The van der Waals surface area contributed by atoms with Crippen molar-refractivity contribution in [3.8, 4) is 0 Å². The van der Waals surface area contributed by atoms with E-state index in [1.165, 1.54) is 0 Å². The Labute approximate surface area is 70.5 Å². The predicted octanol–water partition coefficient (Wildman–Crippen LogP) is -1.55. The summed E-state index contributed by atoms with van der Waals surface area (Å²) in [5.41, 5.74) is 4.78. The SMILES string of the molecule is NCCS(=O)(=O)O.[Na]. The van der Waals surface area contributed by atoms with E-state index in [-0.39, 0.29) is 41.9 Å². The van der Waals surface area contributed by atoms with E-state index in [0.717, 1.165) is 0 Å². The Morgan fingerprint density at radius 3 is 1.88 bits per heavy atom. The molecule has 0 aromatic rings. The normalized spacial score (nSPS) is 10.2. The molecule has 0 atom stereocenters. The zero-order valence-electron chi connectivity index (χ0n) is 4.66. The van der Waals surface area contributed by atoms with Gasteiger partial charge in [0.1, 0.15) is 0 Å². The minimum absolute atomic E-state index is 0. The smallest absolute Gasteiger partial charge is 0.266 e. The molecule has 0 heterocycles. The zero-order valence-corrected chi connectivity index (χ0v) is 7.48. The summed E-state index contributed by atoms with van der Waals surface area (Å²) in [7, 11) is -3.80. The average Bonchev–Trinajstić information content (AvgIpc) is 1.30. The monoisotopic (exact) mass is 148 g/mol. The second kappa shape index (κ2) is 4.72. The van der Waals surface area contributed by atoms with Gasteiger partial charge in [-0.05, 0) is 0 Å². The van der Waals surface area contributed by atoms with E-state index in [1.54, 1.807) is 0 Å². The third-order valence-electron chi connectivity index (χ3n) is 0.376. The molecule has 4 nitrogen and oxygen atoms in total. The van der Waals surface area contributed by atoms with Gasteiger partial charge in [0.25, 0.3) is 10.1 Å². The predicted molar refractivity (Wildman–Crippen MR) is 31.2 cm³/mol. The molecule has 0 aliphatic carbocycles. The molecule has 0 rings (SSSR count). The van der Waals surface area contributed by atoms with Crippen molar-refractivity contribution in [3.63, 3.8) is 0 Å². The molecule has 0 bridgehead atoms. The van der Waals surface area contributed by atoms with Crippen LogP contribution in [0.25, 0.3) is 0 Å². The Morgan fingerprint density at radius 1 is 1.50 bits per heavy atom. The molecule has 3 N–H and O–H groups in total. The number of hydrogen-bond acceptors (Lipinski definition) is 3. The van der Waals surface area contributed by atoms with E-state index >= 15 is 0 Å². The van der Waals surface area contributed by atoms with Gasteiger partial charge in [0.15, 0.2) is 0 Å². The summed E-state index contributed by atoms with van der Waals surface area (Å²) in [6.07, 6.45) is 0. The standard InChI is InChI=1S/C2H7NO3S.Na/c3-1-2-7(4,5)6;/h1-3H2,(H,4,5,6);. The summed E-state index contributed by atoms with van der Waals surface area (Å²) in [6.45, 7) is -0.0289. The first-order valence-electron chi connectivity index (χ1n) is 1.71. The van der Waals surface area contributed by atoms with Crippen molar-refractivity contribution < 1.29 is 13.0 Å². The molecule has 0 fully saturated rings. The molecule has 0 unspecified atom stereocenters. The maximum Gasteiger partial charge on any atom is 0.266 e. The topological polar surface area (TPSA) is 80.4 Å². The maximum atomic E-state index is 9.71. The molecule has 0 aliphatic rings. The molecule has 0 aromatic carbocycles. The Hall–Kier alpha value is 0.870. The molecule has 0 saturated heterocycles. The van der Waals surface area contributed by atoms with Gasteiger partial charge in [-0.2, -0.15) is 8.42 Å². The summed E-state index contributed by atoms with van der Waals surface area (Å²) in [5, 5.41) is 0. The number of nitrogens with two attached hydrogens (primary N) is 1. The fraction of sp³-hybridized carbons (Fsp3) is 1.00. The molecule has 1 radical (unpaired) electrons. The van der Waals surface area contributed by atoms with Crippen LogP contribution in [0.5, 0.6) is 0 Å². The molecule has 8 heavy (non-hydrogen) atoms. The summed E-state index contributed by atoms with van der Waals surface area (Å²) >= 11 is 0. The second-order valence-corrected chi connectivity index (χ2v) is 2.65. The average molecular weight is 148 g/mol. The van der Waals surface area contributed by atoms with Crippen molar-refractivity contribution in [2.45, 2.75) is 0 Å². The van der Waals surface area contributed by atoms with Gasteiger partial charge in [-0.3, -0.25) is 4.55 Å². The molecule has 6 heteroatoms. The third kappa shape index (κ3) is 9.98. The van der Waals surface area contributed by atoms with Crippen LogP contribution >= 0.6 is 0 Å². The Balaban J connectivity index is 0. The van der Waals surface area contributed by atoms with Crippen molar-refractivity contribution in [3.05, 3.63) is 0 Å². The van der Waals surface area contributed by atoms with E-state index in [0.29, 0.717) is 0 Å². The van der Waals surface area contributed by atoms with Crippen molar-refractivity contribution >= 4 is 39.7 Å². The van der Waals surface area contributed by atoms with Gasteiger partial charge in [-0.25, -0.2) is 0 Å². The zero-order chi connectivity index (χ0) is 5.91. The first-order valence-corrected chi connectivity index (χ1v) is 3.32. The Morgan fingerprint density at radius 2 is 1.88 bits per heavy atom. The molecular weight excluding hydrogens is 141 g/mol. The van der Waals surface area contributed by atoms with Gasteiger partial charge >= 0.3 is 0 Å². The van der Waals surface area contributed by atoms with Gasteiger partial charge in [-0.15, -0.1) is 0 Å². The number of rotatable bonds is 2. The van der Waals surface area contributed by atoms with Crippen LogP contribution in [-0.4, -0.2) is 54.8 Å². The quantitative estimate of drug-likeness (QED) is 0.367. The summed E-state index contributed by atoms with van der Waals surface area (Å²) in [6, 6.07) is 0. The van der Waals surface area contributed by atoms with Crippen molar-refractivity contribution in [1.29, 1.82) is 0 Å². The van der Waals surface area contributed by atoms with E-state index in [4.69, 9.17) is 10.3 Å². The van der Waals surface area contributed by atoms with Crippen LogP contribution in [0.2, 0.25) is 0 Å². The van der Waals surface area contributed by atoms with E-state index in [1.807, 2.05) is 0 Å². The summed E-state index contributed by atoms with van der Waals surface area (Å²) in [5.74, 6) is -0.354. The minimum atomic E-state index is -3.80. The van der Waals surface area contributed by atoms with E-state index in [9.17, 15) is 8.42 Å². The third-order valence-corrected chi connectivity index (χ3v) is 1.13. The molecule has 0 aromatic heterocycles. The van der Waals surface area contributed by atoms with E-state index < -0.39 is 10.1 Å². The van der Waals surface area contributed by atoms with Gasteiger partial charge in [-0.1, -0.05) is 0 Å². The summed E-state index contributed by atoms with van der Waals surface area (Å²) in [4.78, 5) is 0. The first kappa shape index (κ1) is 11.6. The maximum absolute atomic E-state index is 9.71. The molecule has 0 amide bonds.